The van der Waals surface area contributed by atoms with E-state index >= 15 is 0 Å². The first kappa shape index (κ1) is 14.4. The van der Waals surface area contributed by atoms with E-state index < -0.39 is 0 Å². The molecule has 0 aromatic heterocycles. The Hall–Kier alpha value is -1.06. The Bertz CT molecular complexity index is 415. The third-order valence-corrected chi connectivity index (χ3v) is 4.34. The first-order valence-corrected chi connectivity index (χ1v) is 7.16. The van der Waals surface area contributed by atoms with Crippen molar-refractivity contribution in [2.45, 2.75) is 44.8 Å². The second kappa shape index (κ2) is 5.93. The Morgan fingerprint density at radius 2 is 1.89 bits per heavy atom. The predicted octanol–water partition coefficient (Wildman–Crippen LogP) is 2.81. The first-order valence-electron chi connectivity index (χ1n) is 7.16. The van der Waals surface area contributed by atoms with Crippen molar-refractivity contribution in [3.05, 3.63) is 29.8 Å². The van der Waals surface area contributed by atoms with Crippen LogP contribution in [0.2, 0.25) is 0 Å². The van der Waals surface area contributed by atoms with Crippen LogP contribution in [-0.4, -0.2) is 31.1 Å². The van der Waals surface area contributed by atoms with E-state index in [1.54, 1.807) is 7.11 Å². The Balaban J connectivity index is 2.28. The van der Waals surface area contributed by atoms with Gasteiger partial charge in [0, 0.05) is 17.6 Å². The molecule has 0 amide bonds. The van der Waals surface area contributed by atoms with Gasteiger partial charge < -0.3 is 10.5 Å². The molecule has 1 saturated carbocycles. The van der Waals surface area contributed by atoms with Crippen LogP contribution in [0.1, 0.15) is 38.3 Å². The normalized spacial score (nSPS) is 20.1. The summed E-state index contributed by atoms with van der Waals surface area (Å²) in [4.78, 5) is 2.42. The quantitative estimate of drug-likeness (QED) is 0.856. The molecule has 3 unspecified atom stereocenters. The van der Waals surface area contributed by atoms with Crippen LogP contribution < -0.4 is 10.5 Å². The smallest absolute Gasteiger partial charge is 0.123 e. The van der Waals surface area contributed by atoms with E-state index in [0.29, 0.717) is 6.04 Å². The number of para-hydroxylation sites is 1. The topological polar surface area (TPSA) is 38.5 Å². The number of benzene rings is 1. The maximum atomic E-state index is 6.25. The maximum absolute atomic E-state index is 6.25. The highest BCUT2D eigenvalue weighted by Gasteiger charge is 2.35. The van der Waals surface area contributed by atoms with E-state index in [2.05, 4.69) is 37.9 Å². The van der Waals surface area contributed by atoms with Gasteiger partial charge in [0.15, 0.2) is 0 Å². The van der Waals surface area contributed by atoms with E-state index in [9.17, 15) is 0 Å². The van der Waals surface area contributed by atoms with Crippen LogP contribution >= 0.6 is 0 Å². The lowest BCUT2D eigenvalue weighted by atomic mass is 9.96. The fourth-order valence-electron chi connectivity index (χ4n) is 2.95. The molecule has 0 radical (unpaired) electrons. The van der Waals surface area contributed by atoms with Crippen LogP contribution in [-0.2, 0) is 0 Å². The minimum Gasteiger partial charge on any atom is -0.496 e. The average Bonchev–Trinajstić information content (AvgIpc) is 3.22. The molecule has 3 heteroatoms. The summed E-state index contributed by atoms with van der Waals surface area (Å²) in [5.74, 6) is 1.76. The standard InChI is InChI=1S/C16H26N2O/c1-11(17)16(18(3)12(2)13-9-10-13)14-7-5-6-8-15(14)19-4/h5-8,11-13,16H,9-10,17H2,1-4H3. The van der Waals surface area contributed by atoms with Gasteiger partial charge in [-0.2, -0.15) is 0 Å². The van der Waals surface area contributed by atoms with Gasteiger partial charge in [0.1, 0.15) is 5.75 Å². The number of methoxy groups -OCH3 is 1. The highest BCUT2D eigenvalue weighted by atomic mass is 16.5. The van der Waals surface area contributed by atoms with Crippen LogP contribution in [0.25, 0.3) is 0 Å². The third-order valence-electron chi connectivity index (χ3n) is 4.34. The van der Waals surface area contributed by atoms with Gasteiger partial charge in [-0.1, -0.05) is 18.2 Å². The molecule has 2 N–H and O–H groups in total. The van der Waals surface area contributed by atoms with E-state index in [-0.39, 0.29) is 12.1 Å². The van der Waals surface area contributed by atoms with Crippen LogP contribution in [0.3, 0.4) is 0 Å². The summed E-state index contributed by atoms with van der Waals surface area (Å²) in [6.07, 6.45) is 2.70. The summed E-state index contributed by atoms with van der Waals surface area (Å²) < 4.78 is 5.50. The molecule has 1 aromatic rings. The predicted molar refractivity (Wildman–Crippen MR) is 79.3 cm³/mol. The molecule has 0 bridgehead atoms. The zero-order valence-electron chi connectivity index (χ0n) is 12.5. The lowest BCUT2D eigenvalue weighted by Gasteiger charge is -2.36. The molecule has 3 atom stereocenters. The third kappa shape index (κ3) is 3.10. The molecule has 0 spiro atoms. The average molecular weight is 262 g/mol. The Morgan fingerprint density at radius 1 is 1.26 bits per heavy atom. The van der Waals surface area contributed by atoms with E-state index in [0.717, 1.165) is 11.7 Å². The van der Waals surface area contributed by atoms with Crippen molar-refractivity contribution in [2.24, 2.45) is 11.7 Å². The number of hydrogen-bond donors (Lipinski definition) is 1. The second-order valence-corrected chi connectivity index (χ2v) is 5.79. The monoisotopic (exact) mass is 262 g/mol. The molecule has 0 heterocycles. The van der Waals surface area contributed by atoms with Crippen molar-refractivity contribution >= 4 is 0 Å². The van der Waals surface area contributed by atoms with E-state index in [1.165, 1.54) is 18.4 Å². The second-order valence-electron chi connectivity index (χ2n) is 5.79. The van der Waals surface area contributed by atoms with Crippen molar-refractivity contribution in [1.29, 1.82) is 0 Å². The maximum Gasteiger partial charge on any atom is 0.123 e. The molecule has 1 aromatic carbocycles. The highest BCUT2D eigenvalue weighted by Crippen LogP contribution is 2.39. The van der Waals surface area contributed by atoms with Crippen LogP contribution in [0, 0.1) is 5.92 Å². The fourth-order valence-corrected chi connectivity index (χ4v) is 2.95. The number of ether oxygens (including phenoxy) is 1. The lowest BCUT2D eigenvalue weighted by Crippen LogP contribution is -2.42. The minimum absolute atomic E-state index is 0.0718. The van der Waals surface area contributed by atoms with E-state index in [4.69, 9.17) is 10.5 Å². The van der Waals surface area contributed by atoms with Gasteiger partial charge in [0.05, 0.1) is 13.2 Å². The van der Waals surface area contributed by atoms with Crippen molar-refractivity contribution in [1.82, 2.24) is 4.90 Å². The molecule has 1 fully saturated rings. The summed E-state index contributed by atoms with van der Waals surface area (Å²) in [7, 11) is 3.91. The van der Waals surface area contributed by atoms with Gasteiger partial charge in [0.25, 0.3) is 0 Å². The molecule has 0 aliphatic heterocycles. The lowest BCUT2D eigenvalue weighted by molar-refractivity contribution is 0.147. The van der Waals surface area contributed by atoms with Crippen molar-refractivity contribution in [3.8, 4) is 5.75 Å². The number of nitrogens with zero attached hydrogens (tertiary/aromatic N) is 1. The van der Waals surface area contributed by atoms with Gasteiger partial charge in [-0.15, -0.1) is 0 Å². The molecule has 19 heavy (non-hydrogen) atoms. The Morgan fingerprint density at radius 3 is 2.42 bits per heavy atom. The molecule has 0 saturated heterocycles. The number of nitrogens with two attached hydrogens (primary N) is 1. The van der Waals surface area contributed by atoms with Gasteiger partial charge in [-0.25, -0.2) is 0 Å². The number of hydrogen-bond acceptors (Lipinski definition) is 3. The largest absolute Gasteiger partial charge is 0.496 e. The molecule has 3 nitrogen and oxygen atoms in total. The zero-order chi connectivity index (χ0) is 14.0. The molecular weight excluding hydrogens is 236 g/mol. The summed E-state index contributed by atoms with van der Waals surface area (Å²) in [6.45, 7) is 4.38. The van der Waals surface area contributed by atoms with Gasteiger partial charge >= 0.3 is 0 Å². The summed E-state index contributed by atoms with van der Waals surface area (Å²) in [5.41, 5.74) is 7.44. The Kier molecular flexibility index (Phi) is 4.48. The molecule has 2 rings (SSSR count). The highest BCUT2D eigenvalue weighted by molar-refractivity contribution is 5.36. The fraction of sp³-hybridized carbons (Fsp3) is 0.625. The zero-order valence-corrected chi connectivity index (χ0v) is 12.5. The molecular formula is C16H26N2O. The van der Waals surface area contributed by atoms with Crippen LogP contribution in [0.5, 0.6) is 5.75 Å². The van der Waals surface area contributed by atoms with Crippen molar-refractivity contribution < 1.29 is 4.74 Å². The summed E-state index contributed by atoms with van der Waals surface area (Å²) in [5, 5.41) is 0. The first-order chi connectivity index (χ1) is 9.06. The number of rotatable bonds is 6. The molecule has 106 valence electrons. The SMILES string of the molecule is COc1ccccc1C(C(C)N)N(C)C(C)C1CC1. The minimum atomic E-state index is 0.0718. The van der Waals surface area contributed by atoms with Crippen molar-refractivity contribution in [3.63, 3.8) is 0 Å². The van der Waals surface area contributed by atoms with Crippen LogP contribution in [0.4, 0.5) is 0 Å². The van der Waals surface area contributed by atoms with Crippen molar-refractivity contribution in [2.75, 3.05) is 14.2 Å². The summed E-state index contributed by atoms with van der Waals surface area (Å²) in [6, 6.07) is 9.05. The van der Waals surface area contributed by atoms with Gasteiger partial charge in [-0.3, -0.25) is 4.90 Å². The van der Waals surface area contributed by atoms with E-state index in [1.807, 2.05) is 12.1 Å². The van der Waals surface area contributed by atoms with Crippen LogP contribution in [0.15, 0.2) is 24.3 Å². The number of likely N-dealkylation sites (N-methyl/N-ethyl adjacent to an activating group) is 1. The van der Waals surface area contributed by atoms with Gasteiger partial charge in [0.2, 0.25) is 0 Å². The summed E-state index contributed by atoms with van der Waals surface area (Å²) >= 11 is 0. The molecule has 1 aliphatic carbocycles. The van der Waals surface area contributed by atoms with Gasteiger partial charge in [-0.05, 0) is 45.7 Å². The molecule has 1 aliphatic rings. The Labute approximate surface area is 116 Å².